The predicted molar refractivity (Wildman–Crippen MR) is 113 cm³/mol. The van der Waals surface area contributed by atoms with Crippen molar-refractivity contribution in [3.05, 3.63) is 88.8 Å². The van der Waals surface area contributed by atoms with Gasteiger partial charge in [0, 0.05) is 18.3 Å². The zero-order valence-electron chi connectivity index (χ0n) is 16.5. The summed E-state index contributed by atoms with van der Waals surface area (Å²) in [6, 6.07) is 14.6. The quantitative estimate of drug-likeness (QED) is 0.623. The molecule has 0 fully saturated rings. The minimum absolute atomic E-state index is 0.0819. The maximum atomic E-state index is 15.3. The number of nitrogens with zero attached hydrogens (tertiary/aromatic N) is 1. The maximum absolute atomic E-state index is 15.3. The van der Waals surface area contributed by atoms with E-state index in [-0.39, 0.29) is 17.3 Å². The molecule has 2 aliphatic rings. The highest BCUT2D eigenvalue weighted by Crippen LogP contribution is 2.48. The molecule has 4 rings (SSSR count). The molecule has 1 unspecified atom stereocenters. The van der Waals surface area contributed by atoms with E-state index < -0.39 is 0 Å². The molecular weight excluding hydrogens is 333 g/mol. The Bertz CT molecular complexity index is 970. The predicted octanol–water partition coefficient (Wildman–Crippen LogP) is 6.28. The van der Waals surface area contributed by atoms with E-state index in [4.69, 9.17) is 0 Å². The average Bonchev–Trinajstić information content (AvgIpc) is 3.02. The van der Waals surface area contributed by atoms with Crippen LogP contribution >= 0.6 is 0 Å². The normalized spacial score (nSPS) is 18.9. The average molecular weight is 359 g/mol. The standard InChI is InChI=1S/C25H26FN/c1-6-16-10-12-17(13-11-16)18-14-20-22(15-18)27(5)24(20)19-8-7-9-21(23(19)26)25(2,3)4/h6-13,15,22H,1,14H2,2-5H3. The van der Waals surface area contributed by atoms with Crippen LogP contribution in [0.15, 0.2) is 60.7 Å². The maximum Gasteiger partial charge on any atom is 0.136 e. The van der Waals surface area contributed by atoms with E-state index in [2.05, 4.69) is 69.6 Å². The molecule has 1 atom stereocenters. The van der Waals surface area contributed by atoms with E-state index in [0.29, 0.717) is 0 Å². The molecule has 0 saturated carbocycles. The van der Waals surface area contributed by atoms with Gasteiger partial charge in [-0.3, -0.25) is 0 Å². The second-order valence-corrected chi connectivity index (χ2v) is 8.54. The van der Waals surface area contributed by atoms with Gasteiger partial charge in [0.05, 0.1) is 6.04 Å². The van der Waals surface area contributed by atoms with Crippen molar-refractivity contribution >= 4 is 17.3 Å². The highest BCUT2D eigenvalue weighted by atomic mass is 19.1. The molecule has 1 heterocycles. The van der Waals surface area contributed by atoms with Gasteiger partial charge >= 0.3 is 0 Å². The third kappa shape index (κ3) is 2.84. The molecular formula is C25H26FN. The van der Waals surface area contributed by atoms with Gasteiger partial charge in [0.25, 0.3) is 0 Å². The van der Waals surface area contributed by atoms with E-state index in [0.717, 1.165) is 28.8 Å². The highest BCUT2D eigenvalue weighted by molar-refractivity contribution is 5.85. The van der Waals surface area contributed by atoms with Crippen molar-refractivity contribution in [2.75, 3.05) is 7.05 Å². The fraction of sp³-hybridized carbons (Fsp3) is 0.280. The molecule has 1 aliphatic heterocycles. The topological polar surface area (TPSA) is 3.24 Å². The smallest absolute Gasteiger partial charge is 0.136 e. The first kappa shape index (κ1) is 17.8. The first-order valence-corrected chi connectivity index (χ1v) is 9.50. The van der Waals surface area contributed by atoms with Gasteiger partial charge < -0.3 is 4.90 Å². The third-order valence-corrected chi connectivity index (χ3v) is 5.75. The second kappa shape index (κ2) is 6.23. The van der Waals surface area contributed by atoms with Gasteiger partial charge in [-0.25, -0.2) is 4.39 Å². The molecule has 2 aromatic carbocycles. The summed E-state index contributed by atoms with van der Waals surface area (Å²) in [7, 11) is 2.06. The number of rotatable bonds is 3. The number of likely N-dealkylation sites (N-methyl/N-ethyl adjacent to an activating group) is 1. The minimum atomic E-state index is -0.209. The SMILES string of the molecule is C=Cc1ccc(C2=CC3C(=C(c4cccc(C(C)(C)C)c4F)N3C)C2)cc1. The van der Waals surface area contributed by atoms with Crippen LogP contribution in [0.1, 0.15) is 49.4 Å². The van der Waals surface area contributed by atoms with Crippen LogP contribution in [-0.4, -0.2) is 18.0 Å². The summed E-state index contributed by atoms with van der Waals surface area (Å²) in [5.74, 6) is -0.0819. The molecule has 138 valence electrons. The Balaban J connectivity index is 1.70. The lowest BCUT2D eigenvalue weighted by Gasteiger charge is -2.41. The number of hydrogen-bond acceptors (Lipinski definition) is 1. The molecule has 27 heavy (non-hydrogen) atoms. The first-order chi connectivity index (χ1) is 12.8. The number of halogens is 1. The Morgan fingerprint density at radius 2 is 1.81 bits per heavy atom. The molecule has 0 radical (unpaired) electrons. The summed E-state index contributed by atoms with van der Waals surface area (Å²) < 4.78 is 15.3. The van der Waals surface area contributed by atoms with Crippen LogP contribution in [0.25, 0.3) is 17.3 Å². The van der Waals surface area contributed by atoms with Gasteiger partial charge in [-0.15, -0.1) is 0 Å². The van der Waals surface area contributed by atoms with E-state index >= 15 is 4.39 Å². The number of allylic oxidation sites excluding steroid dienone is 1. The fourth-order valence-electron chi connectivity index (χ4n) is 4.22. The lowest BCUT2D eigenvalue weighted by Crippen LogP contribution is -2.39. The minimum Gasteiger partial charge on any atom is -0.364 e. The molecule has 2 heteroatoms. The molecule has 2 aromatic rings. The lowest BCUT2D eigenvalue weighted by molar-refractivity contribution is 0.391. The van der Waals surface area contributed by atoms with Gasteiger partial charge in [-0.1, -0.05) is 75.9 Å². The van der Waals surface area contributed by atoms with Crippen molar-refractivity contribution < 1.29 is 4.39 Å². The molecule has 0 spiro atoms. The summed E-state index contributed by atoms with van der Waals surface area (Å²) in [5.41, 5.74) is 7.35. The Labute approximate surface area is 161 Å². The summed E-state index contributed by atoms with van der Waals surface area (Å²) >= 11 is 0. The van der Waals surface area contributed by atoms with Crippen molar-refractivity contribution in [1.82, 2.24) is 4.90 Å². The van der Waals surface area contributed by atoms with Crippen LogP contribution in [0.3, 0.4) is 0 Å². The van der Waals surface area contributed by atoms with Crippen LogP contribution in [-0.2, 0) is 5.41 Å². The fourth-order valence-corrected chi connectivity index (χ4v) is 4.22. The molecule has 0 aromatic heterocycles. The van der Waals surface area contributed by atoms with Crippen molar-refractivity contribution in [1.29, 1.82) is 0 Å². The Kier molecular flexibility index (Phi) is 4.10. The third-order valence-electron chi connectivity index (χ3n) is 5.75. The Morgan fingerprint density at radius 1 is 1.11 bits per heavy atom. The number of hydrogen-bond donors (Lipinski definition) is 0. The van der Waals surface area contributed by atoms with Gasteiger partial charge in [-0.2, -0.15) is 0 Å². The van der Waals surface area contributed by atoms with Crippen LogP contribution in [0.4, 0.5) is 4.39 Å². The summed E-state index contributed by atoms with van der Waals surface area (Å²) in [5, 5.41) is 0. The van der Waals surface area contributed by atoms with Gasteiger partial charge in [-0.05, 0) is 45.7 Å². The molecule has 1 nitrogen and oxygen atoms in total. The summed E-state index contributed by atoms with van der Waals surface area (Å²) in [4.78, 5) is 2.20. The molecule has 0 bridgehead atoms. The van der Waals surface area contributed by atoms with Crippen LogP contribution in [0, 0.1) is 5.82 Å². The van der Waals surface area contributed by atoms with E-state index in [1.165, 1.54) is 16.7 Å². The summed E-state index contributed by atoms with van der Waals surface area (Å²) in [6.07, 6.45) is 5.06. The summed E-state index contributed by atoms with van der Waals surface area (Å²) in [6.45, 7) is 9.99. The van der Waals surface area contributed by atoms with Crippen LogP contribution in [0.5, 0.6) is 0 Å². The van der Waals surface area contributed by atoms with E-state index in [1.54, 1.807) is 0 Å². The van der Waals surface area contributed by atoms with Gasteiger partial charge in [0.2, 0.25) is 0 Å². The molecule has 0 N–H and O–H groups in total. The molecule has 1 aliphatic carbocycles. The largest absolute Gasteiger partial charge is 0.364 e. The van der Waals surface area contributed by atoms with Crippen LogP contribution < -0.4 is 0 Å². The zero-order chi connectivity index (χ0) is 19.3. The Hall–Kier alpha value is -2.61. The number of fused-ring (bicyclic) bond motifs is 1. The highest BCUT2D eigenvalue weighted by Gasteiger charge is 2.40. The zero-order valence-corrected chi connectivity index (χ0v) is 16.5. The van der Waals surface area contributed by atoms with E-state index in [9.17, 15) is 0 Å². The van der Waals surface area contributed by atoms with E-state index in [1.807, 2.05) is 24.3 Å². The Morgan fingerprint density at radius 3 is 2.44 bits per heavy atom. The number of benzene rings is 2. The van der Waals surface area contributed by atoms with Crippen molar-refractivity contribution in [3.63, 3.8) is 0 Å². The molecule has 0 saturated heterocycles. The van der Waals surface area contributed by atoms with Crippen molar-refractivity contribution in [2.24, 2.45) is 0 Å². The second-order valence-electron chi connectivity index (χ2n) is 8.54. The lowest BCUT2D eigenvalue weighted by atomic mass is 9.83. The van der Waals surface area contributed by atoms with Crippen LogP contribution in [0.2, 0.25) is 0 Å². The molecule has 0 amide bonds. The van der Waals surface area contributed by atoms with Crippen molar-refractivity contribution in [2.45, 2.75) is 38.6 Å². The monoisotopic (exact) mass is 359 g/mol. The first-order valence-electron chi connectivity index (χ1n) is 9.50. The van der Waals surface area contributed by atoms with Gasteiger partial charge in [0.15, 0.2) is 0 Å². The van der Waals surface area contributed by atoms with Crippen molar-refractivity contribution in [3.8, 4) is 0 Å². The van der Waals surface area contributed by atoms with Gasteiger partial charge in [0.1, 0.15) is 5.82 Å².